The van der Waals surface area contributed by atoms with Crippen LogP contribution in [0.3, 0.4) is 0 Å². The Labute approximate surface area is 182 Å². The molecule has 3 aromatic rings. The number of aryl methyl sites for hydroxylation is 1. The van der Waals surface area contributed by atoms with Crippen LogP contribution in [0.4, 0.5) is 0 Å². The Kier molecular flexibility index (Phi) is 5.26. The third kappa shape index (κ3) is 3.73. The Morgan fingerprint density at radius 2 is 2.06 bits per heavy atom. The first-order valence-corrected chi connectivity index (χ1v) is 11.2. The third-order valence-corrected chi connectivity index (χ3v) is 6.72. The molecule has 1 aromatic carbocycles. The number of hydrogen-bond donors (Lipinski definition) is 1. The number of ether oxygens (including phenoxy) is 1. The summed E-state index contributed by atoms with van der Waals surface area (Å²) in [6.45, 7) is 0.570. The van der Waals surface area contributed by atoms with Crippen molar-refractivity contribution in [3.05, 3.63) is 53.0 Å². The molecule has 0 atom stereocenters. The van der Waals surface area contributed by atoms with E-state index in [0.29, 0.717) is 12.2 Å². The molecule has 0 bridgehead atoms. The molecule has 162 valence electrons. The maximum atomic E-state index is 13.6. The summed E-state index contributed by atoms with van der Waals surface area (Å²) in [5.41, 5.74) is 5.92. The van der Waals surface area contributed by atoms with Crippen LogP contribution < -0.4 is 4.74 Å². The number of aromatic nitrogens is 4. The highest BCUT2D eigenvalue weighted by Gasteiger charge is 2.31. The van der Waals surface area contributed by atoms with Gasteiger partial charge in [-0.2, -0.15) is 10.2 Å². The van der Waals surface area contributed by atoms with E-state index < -0.39 is 0 Å². The molecule has 2 aromatic heterocycles. The molecular weight excluding hydrogens is 390 g/mol. The number of amides is 1. The molecule has 1 amide bonds. The standard InChI is InChI=1S/C24H29N5O2/c1-28-23-12-6-11-19(23)22(27-28)15-29(17-8-3-4-9-17)24(30)21-14-20(25-26-21)16-7-5-10-18(13-16)31-2/h5,7,10,13-14,17H,3-4,6,8-9,11-12,15H2,1-2H3,(H,25,26). The van der Waals surface area contributed by atoms with Crippen LogP contribution in [0.1, 0.15) is 59.5 Å². The minimum atomic E-state index is 0.00551. The number of rotatable bonds is 6. The second-order valence-corrected chi connectivity index (χ2v) is 8.62. The highest BCUT2D eigenvalue weighted by atomic mass is 16.5. The number of carbonyl (C=O) groups is 1. The number of benzene rings is 1. The molecule has 2 aliphatic rings. The number of nitrogens with zero attached hydrogens (tertiary/aromatic N) is 4. The summed E-state index contributed by atoms with van der Waals surface area (Å²) in [5.74, 6) is 0.774. The van der Waals surface area contributed by atoms with Crippen molar-refractivity contribution in [2.75, 3.05) is 7.11 Å². The van der Waals surface area contributed by atoms with Gasteiger partial charge in [-0.15, -0.1) is 0 Å². The molecule has 7 heteroatoms. The number of hydrogen-bond acceptors (Lipinski definition) is 4. The van der Waals surface area contributed by atoms with E-state index in [-0.39, 0.29) is 11.9 Å². The molecule has 0 aliphatic heterocycles. The topological polar surface area (TPSA) is 76.0 Å². The molecule has 2 aliphatic carbocycles. The number of nitrogens with one attached hydrogen (secondary N) is 1. The molecule has 2 heterocycles. The zero-order valence-corrected chi connectivity index (χ0v) is 18.2. The summed E-state index contributed by atoms with van der Waals surface area (Å²) in [6, 6.07) is 9.83. The summed E-state index contributed by atoms with van der Waals surface area (Å²) >= 11 is 0. The molecule has 5 rings (SSSR count). The van der Waals surface area contributed by atoms with Crippen LogP contribution in [-0.4, -0.2) is 43.9 Å². The van der Waals surface area contributed by atoms with E-state index >= 15 is 0 Å². The zero-order chi connectivity index (χ0) is 21.4. The van der Waals surface area contributed by atoms with Crippen molar-refractivity contribution in [3.8, 4) is 17.0 Å². The van der Waals surface area contributed by atoms with Crippen molar-refractivity contribution in [3.63, 3.8) is 0 Å². The Hall–Kier alpha value is -3.09. The van der Waals surface area contributed by atoms with E-state index in [9.17, 15) is 4.79 Å². The lowest BCUT2D eigenvalue weighted by Crippen LogP contribution is -2.38. The quantitative estimate of drug-likeness (QED) is 0.658. The van der Waals surface area contributed by atoms with Crippen LogP contribution in [0.15, 0.2) is 30.3 Å². The third-order valence-electron chi connectivity index (χ3n) is 6.72. The molecule has 0 saturated heterocycles. The first kappa shape index (κ1) is 19.8. The zero-order valence-electron chi connectivity index (χ0n) is 18.2. The first-order chi connectivity index (χ1) is 15.1. The minimum absolute atomic E-state index is 0.00551. The van der Waals surface area contributed by atoms with Gasteiger partial charge in [0.15, 0.2) is 0 Å². The first-order valence-electron chi connectivity index (χ1n) is 11.2. The van der Waals surface area contributed by atoms with Crippen molar-refractivity contribution in [1.82, 2.24) is 24.9 Å². The molecule has 0 radical (unpaired) electrons. The fourth-order valence-electron chi connectivity index (χ4n) is 5.08. The van der Waals surface area contributed by atoms with E-state index in [2.05, 4.69) is 10.2 Å². The van der Waals surface area contributed by atoms with Crippen molar-refractivity contribution in [2.24, 2.45) is 7.05 Å². The van der Waals surface area contributed by atoms with Crippen molar-refractivity contribution in [1.29, 1.82) is 0 Å². The van der Waals surface area contributed by atoms with Crippen LogP contribution >= 0.6 is 0 Å². The van der Waals surface area contributed by atoms with E-state index in [1.54, 1.807) is 7.11 Å². The second kappa shape index (κ2) is 8.21. The number of methoxy groups -OCH3 is 1. The Balaban J connectivity index is 1.43. The Morgan fingerprint density at radius 1 is 1.23 bits per heavy atom. The van der Waals surface area contributed by atoms with E-state index in [0.717, 1.165) is 48.4 Å². The number of aromatic amines is 1. The molecule has 0 unspecified atom stereocenters. The van der Waals surface area contributed by atoms with E-state index in [1.807, 2.05) is 47.0 Å². The van der Waals surface area contributed by atoms with Crippen LogP contribution in [0.2, 0.25) is 0 Å². The highest BCUT2D eigenvalue weighted by molar-refractivity contribution is 5.93. The SMILES string of the molecule is COc1cccc(-c2cc(C(=O)N(Cc3nn(C)c4c3CCC4)C3CCCC3)[nH]n2)c1. The lowest BCUT2D eigenvalue weighted by molar-refractivity contribution is 0.0654. The van der Waals surface area contributed by atoms with Gasteiger partial charge in [-0.1, -0.05) is 25.0 Å². The van der Waals surface area contributed by atoms with Gasteiger partial charge < -0.3 is 9.64 Å². The molecule has 1 saturated carbocycles. The normalized spacial score (nSPS) is 15.9. The predicted molar refractivity (Wildman–Crippen MR) is 118 cm³/mol. The summed E-state index contributed by atoms with van der Waals surface area (Å²) in [7, 11) is 3.66. The monoisotopic (exact) mass is 419 g/mol. The Morgan fingerprint density at radius 3 is 2.87 bits per heavy atom. The van der Waals surface area contributed by atoms with Gasteiger partial charge in [0.05, 0.1) is 25.0 Å². The largest absolute Gasteiger partial charge is 0.497 e. The minimum Gasteiger partial charge on any atom is -0.497 e. The van der Waals surface area contributed by atoms with Gasteiger partial charge in [0.25, 0.3) is 5.91 Å². The van der Waals surface area contributed by atoms with E-state index in [4.69, 9.17) is 9.84 Å². The molecular formula is C24H29N5O2. The lowest BCUT2D eigenvalue weighted by atomic mass is 10.1. The maximum absolute atomic E-state index is 13.6. The fourth-order valence-corrected chi connectivity index (χ4v) is 5.08. The van der Waals surface area contributed by atoms with Crippen molar-refractivity contribution in [2.45, 2.75) is 57.5 Å². The van der Waals surface area contributed by atoms with Crippen LogP contribution in [0.25, 0.3) is 11.3 Å². The highest BCUT2D eigenvalue weighted by Crippen LogP contribution is 2.30. The number of fused-ring (bicyclic) bond motifs is 1. The van der Waals surface area contributed by atoms with E-state index in [1.165, 1.54) is 30.5 Å². The van der Waals surface area contributed by atoms with Gasteiger partial charge in [0.1, 0.15) is 11.4 Å². The summed E-state index contributed by atoms with van der Waals surface area (Å²) < 4.78 is 7.33. The summed E-state index contributed by atoms with van der Waals surface area (Å²) in [4.78, 5) is 15.6. The molecule has 1 fully saturated rings. The molecule has 7 nitrogen and oxygen atoms in total. The smallest absolute Gasteiger partial charge is 0.272 e. The predicted octanol–water partition coefficient (Wildman–Crippen LogP) is 3.89. The average molecular weight is 420 g/mol. The molecule has 0 spiro atoms. The van der Waals surface area contributed by atoms with Crippen LogP contribution in [0.5, 0.6) is 5.75 Å². The second-order valence-electron chi connectivity index (χ2n) is 8.62. The lowest BCUT2D eigenvalue weighted by Gasteiger charge is -2.28. The number of carbonyl (C=O) groups excluding carboxylic acids is 1. The summed E-state index contributed by atoms with van der Waals surface area (Å²) in [6.07, 6.45) is 7.78. The molecule has 31 heavy (non-hydrogen) atoms. The number of H-pyrrole nitrogens is 1. The maximum Gasteiger partial charge on any atom is 0.272 e. The van der Waals surface area contributed by atoms with Gasteiger partial charge in [0.2, 0.25) is 0 Å². The van der Waals surface area contributed by atoms with Crippen molar-refractivity contribution >= 4 is 5.91 Å². The van der Waals surface area contributed by atoms with Crippen molar-refractivity contribution < 1.29 is 9.53 Å². The molecule has 1 N–H and O–H groups in total. The summed E-state index contributed by atoms with van der Waals surface area (Å²) in [5, 5.41) is 12.2. The Bertz CT molecular complexity index is 1090. The van der Waals surface area contributed by atoms with Crippen LogP contribution in [0, 0.1) is 0 Å². The van der Waals surface area contributed by atoms with Gasteiger partial charge in [0, 0.05) is 24.3 Å². The van der Waals surface area contributed by atoms with Crippen LogP contribution in [-0.2, 0) is 26.4 Å². The van der Waals surface area contributed by atoms with Gasteiger partial charge >= 0.3 is 0 Å². The average Bonchev–Trinajstić information content (AvgIpc) is 3.59. The fraction of sp³-hybridized carbons (Fsp3) is 0.458. The van der Waals surface area contributed by atoms with Gasteiger partial charge in [-0.25, -0.2) is 0 Å². The van der Waals surface area contributed by atoms with Gasteiger partial charge in [-0.05, 0) is 55.9 Å². The van der Waals surface area contributed by atoms with Gasteiger partial charge in [-0.3, -0.25) is 14.6 Å².